The van der Waals surface area contributed by atoms with E-state index in [1.54, 1.807) is 18.2 Å². The summed E-state index contributed by atoms with van der Waals surface area (Å²) >= 11 is 0. The lowest BCUT2D eigenvalue weighted by molar-refractivity contribution is -0.138. The molecule has 0 unspecified atom stereocenters. The van der Waals surface area contributed by atoms with Gasteiger partial charge in [0.25, 0.3) is 10.1 Å². The van der Waals surface area contributed by atoms with E-state index in [-0.39, 0.29) is 36.9 Å². The quantitative estimate of drug-likeness (QED) is 0.325. The van der Waals surface area contributed by atoms with Gasteiger partial charge in [-0.05, 0) is 18.6 Å². The summed E-state index contributed by atoms with van der Waals surface area (Å²) in [7, 11) is -3.76. The molecule has 0 radical (unpaired) electrons. The highest BCUT2D eigenvalue weighted by molar-refractivity contribution is 7.86. The molecule has 9 nitrogen and oxygen atoms in total. The number of amides is 1. The second-order valence-corrected chi connectivity index (χ2v) is 7.03. The standard InChI is InChI=1S/C17H25NO8S/c19-16(7-8-17(20)21)18-9-4-10-24-11-12-25-13-14-26-27(22,23)15-5-2-1-3-6-15/h1-3,5-6H,4,7-14H2,(H,18,19)(H,20,21). The van der Waals surface area contributed by atoms with E-state index < -0.39 is 16.1 Å². The molecular weight excluding hydrogens is 378 g/mol. The molecule has 0 aliphatic rings. The number of hydrogen-bond acceptors (Lipinski definition) is 7. The predicted octanol–water partition coefficient (Wildman–Crippen LogP) is 0.796. The van der Waals surface area contributed by atoms with Crippen LogP contribution in [-0.2, 0) is 33.4 Å². The molecule has 0 fully saturated rings. The van der Waals surface area contributed by atoms with Crippen molar-refractivity contribution in [2.24, 2.45) is 0 Å². The largest absolute Gasteiger partial charge is 0.481 e. The third kappa shape index (κ3) is 11.3. The van der Waals surface area contributed by atoms with Gasteiger partial charge in [-0.2, -0.15) is 8.42 Å². The van der Waals surface area contributed by atoms with Crippen LogP contribution < -0.4 is 5.32 Å². The van der Waals surface area contributed by atoms with Crippen LogP contribution in [0.5, 0.6) is 0 Å². The number of carboxylic acid groups (broad SMARTS) is 1. The molecule has 0 saturated heterocycles. The van der Waals surface area contributed by atoms with Crippen molar-refractivity contribution in [3.63, 3.8) is 0 Å². The third-order valence-electron chi connectivity index (χ3n) is 3.22. The number of carbonyl (C=O) groups excluding carboxylic acids is 1. The van der Waals surface area contributed by atoms with Crippen molar-refractivity contribution in [2.75, 3.05) is 39.6 Å². The topological polar surface area (TPSA) is 128 Å². The van der Waals surface area contributed by atoms with Crippen LogP contribution in [0.1, 0.15) is 19.3 Å². The minimum absolute atomic E-state index is 0.0356. The summed E-state index contributed by atoms with van der Waals surface area (Å²) in [4.78, 5) is 21.7. The van der Waals surface area contributed by atoms with Crippen LogP contribution >= 0.6 is 0 Å². The average Bonchev–Trinajstić information content (AvgIpc) is 2.65. The molecule has 2 N–H and O–H groups in total. The number of aliphatic carboxylic acids is 1. The van der Waals surface area contributed by atoms with Gasteiger partial charge in [-0.3, -0.25) is 13.8 Å². The lowest BCUT2D eigenvalue weighted by Gasteiger charge is -2.08. The Kier molecular flexibility index (Phi) is 11.3. The zero-order chi connectivity index (χ0) is 20.0. The minimum atomic E-state index is -3.76. The normalized spacial score (nSPS) is 11.3. The number of nitrogens with one attached hydrogen (secondary N) is 1. The lowest BCUT2D eigenvalue weighted by atomic mass is 10.3. The van der Waals surface area contributed by atoms with E-state index in [4.69, 9.17) is 18.8 Å². The van der Waals surface area contributed by atoms with Crippen LogP contribution in [0.2, 0.25) is 0 Å². The summed E-state index contributed by atoms with van der Waals surface area (Å²) in [6.07, 6.45) is 0.374. The summed E-state index contributed by atoms with van der Waals surface area (Å²) in [6.45, 7) is 1.48. The molecule has 27 heavy (non-hydrogen) atoms. The van der Waals surface area contributed by atoms with Gasteiger partial charge in [-0.15, -0.1) is 0 Å². The van der Waals surface area contributed by atoms with E-state index in [1.807, 2.05) is 0 Å². The van der Waals surface area contributed by atoms with Crippen LogP contribution in [-0.4, -0.2) is 65.0 Å². The van der Waals surface area contributed by atoms with Crippen LogP contribution in [0, 0.1) is 0 Å². The van der Waals surface area contributed by atoms with Gasteiger partial charge in [0.15, 0.2) is 0 Å². The maximum absolute atomic E-state index is 11.8. The number of ether oxygens (including phenoxy) is 2. The summed E-state index contributed by atoms with van der Waals surface area (Å²) in [5.41, 5.74) is 0. The van der Waals surface area contributed by atoms with Crippen LogP contribution in [0.25, 0.3) is 0 Å². The first kappa shape index (κ1) is 23.0. The Morgan fingerprint density at radius 1 is 0.926 bits per heavy atom. The number of rotatable bonds is 15. The second kappa shape index (κ2) is 13.2. The highest BCUT2D eigenvalue weighted by Crippen LogP contribution is 2.10. The van der Waals surface area contributed by atoms with Crippen LogP contribution in [0.15, 0.2) is 35.2 Å². The molecule has 0 saturated carbocycles. The van der Waals surface area contributed by atoms with Crippen molar-refractivity contribution in [3.8, 4) is 0 Å². The summed E-state index contributed by atoms with van der Waals surface area (Å²) in [5, 5.41) is 11.0. The Hall–Kier alpha value is -2.01. The molecule has 1 aromatic rings. The molecule has 0 spiro atoms. The van der Waals surface area contributed by atoms with Gasteiger partial charge < -0.3 is 19.9 Å². The number of carboxylic acids is 1. The minimum Gasteiger partial charge on any atom is -0.481 e. The van der Waals surface area contributed by atoms with E-state index in [0.717, 1.165) is 0 Å². The van der Waals surface area contributed by atoms with E-state index in [0.29, 0.717) is 32.8 Å². The monoisotopic (exact) mass is 403 g/mol. The van der Waals surface area contributed by atoms with Crippen LogP contribution in [0.3, 0.4) is 0 Å². The Balaban J connectivity index is 1.93. The van der Waals surface area contributed by atoms with Gasteiger partial charge in [-0.1, -0.05) is 18.2 Å². The summed E-state index contributed by atoms with van der Waals surface area (Å²) in [5.74, 6) is -1.30. The Labute approximate surface area is 158 Å². The summed E-state index contributed by atoms with van der Waals surface area (Å²) < 4.78 is 39.0. The molecule has 0 atom stereocenters. The van der Waals surface area contributed by atoms with Gasteiger partial charge in [0.1, 0.15) is 0 Å². The van der Waals surface area contributed by atoms with Crippen molar-refractivity contribution in [3.05, 3.63) is 30.3 Å². The van der Waals surface area contributed by atoms with Gasteiger partial charge in [-0.25, -0.2) is 0 Å². The van der Waals surface area contributed by atoms with Crippen molar-refractivity contribution in [1.29, 1.82) is 0 Å². The average molecular weight is 403 g/mol. The Morgan fingerprint density at radius 3 is 2.22 bits per heavy atom. The number of carbonyl (C=O) groups is 2. The number of benzene rings is 1. The second-order valence-electron chi connectivity index (χ2n) is 5.41. The molecule has 10 heteroatoms. The highest BCUT2D eigenvalue weighted by atomic mass is 32.2. The fraction of sp³-hybridized carbons (Fsp3) is 0.529. The summed E-state index contributed by atoms with van der Waals surface area (Å²) in [6, 6.07) is 7.86. The molecule has 0 aliphatic carbocycles. The molecule has 152 valence electrons. The smallest absolute Gasteiger partial charge is 0.303 e. The fourth-order valence-corrected chi connectivity index (χ4v) is 2.80. The van der Waals surface area contributed by atoms with Crippen molar-refractivity contribution < 1.29 is 36.8 Å². The predicted molar refractivity (Wildman–Crippen MR) is 95.7 cm³/mol. The first-order valence-electron chi connectivity index (χ1n) is 8.50. The SMILES string of the molecule is O=C(O)CCC(=O)NCCCOCCOCCOS(=O)(=O)c1ccccc1. The zero-order valence-corrected chi connectivity index (χ0v) is 15.8. The van der Waals surface area contributed by atoms with E-state index >= 15 is 0 Å². The van der Waals surface area contributed by atoms with Gasteiger partial charge in [0.2, 0.25) is 5.91 Å². The van der Waals surface area contributed by atoms with E-state index in [1.165, 1.54) is 12.1 Å². The first-order valence-corrected chi connectivity index (χ1v) is 9.91. The molecule has 0 aliphatic heterocycles. The number of hydrogen-bond donors (Lipinski definition) is 2. The molecule has 0 heterocycles. The maximum Gasteiger partial charge on any atom is 0.303 e. The molecule has 1 amide bonds. The van der Waals surface area contributed by atoms with Crippen molar-refractivity contribution >= 4 is 22.0 Å². The van der Waals surface area contributed by atoms with Gasteiger partial charge in [0.05, 0.1) is 37.7 Å². The lowest BCUT2D eigenvalue weighted by Crippen LogP contribution is -2.25. The Bertz CT molecular complexity index is 663. The Morgan fingerprint density at radius 2 is 1.56 bits per heavy atom. The molecule has 1 rings (SSSR count). The highest BCUT2D eigenvalue weighted by Gasteiger charge is 2.13. The van der Waals surface area contributed by atoms with E-state index in [2.05, 4.69) is 5.32 Å². The van der Waals surface area contributed by atoms with Crippen molar-refractivity contribution in [2.45, 2.75) is 24.2 Å². The molecular formula is C17H25NO8S. The molecule has 0 bridgehead atoms. The molecule has 1 aromatic carbocycles. The zero-order valence-electron chi connectivity index (χ0n) is 15.0. The fourth-order valence-electron chi connectivity index (χ4n) is 1.89. The van der Waals surface area contributed by atoms with E-state index in [9.17, 15) is 18.0 Å². The first-order chi connectivity index (χ1) is 12.9. The third-order valence-corrected chi connectivity index (χ3v) is 4.55. The van der Waals surface area contributed by atoms with Crippen molar-refractivity contribution in [1.82, 2.24) is 5.32 Å². The van der Waals surface area contributed by atoms with Gasteiger partial charge >= 0.3 is 5.97 Å². The van der Waals surface area contributed by atoms with Gasteiger partial charge in [0, 0.05) is 19.6 Å². The molecule has 0 aromatic heterocycles. The maximum atomic E-state index is 11.8. The van der Waals surface area contributed by atoms with Crippen LogP contribution in [0.4, 0.5) is 0 Å².